The van der Waals surface area contributed by atoms with Gasteiger partial charge in [-0.15, -0.1) is 0 Å². The molecule has 0 atom stereocenters. The Kier molecular flexibility index (Phi) is 19.2. The van der Waals surface area contributed by atoms with Crippen molar-refractivity contribution in [1.29, 1.82) is 0 Å². The summed E-state index contributed by atoms with van der Waals surface area (Å²) >= 11 is 0. The van der Waals surface area contributed by atoms with Gasteiger partial charge in [-0.1, -0.05) is 101 Å². The number of carboxylic acids is 1. The number of carbonyl (C=O) groups is 1. The third kappa shape index (κ3) is 24.5. The summed E-state index contributed by atoms with van der Waals surface area (Å²) in [4.78, 5) is 10.3. The minimum Gasteiger partial charge on any atom is -0.481 e. The third-order valence-electron chi connectivity index (χ3n) is 5.15. The van der Waals surface area contributed by atoms with Crippen molar-refractivity contribution in [3.05, 3.63) is 48.0 Å². The van der Waals surface area contributed by atoms with E-state index in [1.54, 1.807) is 0 Å². The zero-order chi connectivity index (χ0) is 23.2. The second kappa shape index (κ2) is 20.3. The van der Waals surface area contributed by atoms with E-state index in [1.165, 1.54) is 76.2 Å². The molecule has 0 fully saturated rings. The van der Waals surface area contributed by atoms with Crippen molar-refractivity contribution in [3.8, 4) is 0 Å². The first-order valence-corrected chi connectivity index (χ1v) is 12.6. The lowest BCUT2D eigenvalue weighted by molar-refractivity contribution is -0.884. The van der Waals surface area contributed by atoms with Crippen LogP contribution in [-0.2, 0) is 11.3 Å². The van der Waals surface area contributed by atoms with Gasteiger partial charge < -0.3 is 9.59 Å². The van der Waals surface area contributed by atoms with Crippen LogP contribution in [0.5, 0.6) is 0 Å². The van der Waals surface area contributed by atoms with Gasteiger partial charge in [0, 0.05) is 12.0 Å². The average Bonchev–Trinajstić information content (AvgIpc) is 2.71. The molecule has 0 spiro atoms. The molecule has 1 aromatic rings. The van der Waals surface area contributed by atoms with Crippen LogP contribution in [0.25, 0.3) is 0 Å². The SMILES string of the molecule is CCCCCCCC/C=C\CCCCCCCC(=O)O.C[N+](C)(C)Cc1ccccc1. The summed E-state index contributed by atoms with van der Waals surface area (Å²) in [5.74, 6) is -0.664. The zero-order valence-electron chi connectivity index (χ0n) is 21.0. The van der Waals surface area contributed by atoms with E-state index in [1.807, 2.05) is 0 Å². The molecule has 0 saturated heterocycles. The van der Waals surface area contributed by atoms with Gasteiger partial charge in [0.1, 0.15) is 6.54 Å². The van der Waals surface area contributed by atoms with Crippen LogP contribution in [0, 0.1) is 0 Å². The fourth-order valence-corrected chi connectivity index (χ4v) is 3.48. The third-order valence-corrected chi connectivity index (χ3v) is 5.15. The second-order valence-electron chi connectivity index (χ2n) is 9.66. The molecule has 0 aliphatic heterocycles. The van der Waals surface area contributed by atoms with Crippen LogP contribution in [0.2, 0.25) is 0 Å². The summed E-state index contributed by atoms with van der Waals surface area (Å²) in [6, 6.07) is 10.6. The summed E-state index contributed by atoms with van der Waals surface area (Å²) in [6.07, 6.45) is 21.2. The highest BCUT2D eigenvalue weighted by Crippen LogP contribution is 2.10. The van der Waals surface area contributed by atoms with Crippen LogP contribution in [-0.4, -0.2) is 36.7 Å². The van der Waals surface area contributed by atoms with Crippen molar-refractivity contribution in [2.45, 2.75) is 103 Å². The maximum absolute atomic E-state index is 10.3. The number of hydrogen-bond donors (Lipinski definition) is 1. The van der Waals surface area contributed by atoms with E-state index in [-0.39, 0.29) is 0 Å². The van der Waals surface area contributed by atoms with Gasteiger partial charge in [0.2, 0.25) is 0 Å². The van der Waals surface area contributed by atoms with E-state index in [0.717, 1.165) is 23.9 Å². The second-order valence-corrected chi connectivity index (χ2v) is 9.66. The lowest BCUT2D eigenvalue weighted by Crippen LogP contribution is -2.33. The lowest BCUT2D eigenvalue weighted by Gasteiger charge is -2.23. The van der Waals surface area contributed by atoms with E-state index in [2.05, 4.69) is 70.6 Å². The molecule has 1 aromatic carbocycles. The van der Waals surface area contributed by atoms with Crippen molar-refractivity contribution in [2.75, 3.05) is 21.1 Å². The summed E-state index contributed by atoms with van der Waals surface area (Å²) < 4.78 is 0.990. The Hall–Kier alpha value is -1.61. The summed E-state index contributed by atoms with van der Waals surface area (Å²) in [6.45, 7) is 3.36. The highest BCUT2D eigenvalue weighted by atomic mass is 16.4. The van der Waals surface area contributed by atoms with Crippen molar-refractivity contribution in [1.82, 2.24) is 0 Å². The minimum atomic E-state index is -0.664. The number of aliphatic carboxylic acids is 1. The molecule has 0 bridgehead atoms. The topological polar surface area (TPSA) is 37.3 Å². The standard InChI is InChI=1S/C18H34O2.C10H16N/c1-2-3-4-5-6-7-8-9-10-11-12-13-14-15-16-17-18(19)20;1-11(2,3)9-10-7-5-4-6-8-10/h9-10H,2-8,11-17H2,1H3,(H,19,20);4-8H,9H2,1-3H3/q;+1/b10-9-;. The predicted molar refractivity (Wildman–Crippen MR) is 135 cm³/mol. The lowest BCUT2D eigenvalue weighted by atomic mass is 10.1. The van der Waals surface area contributed by atoms with Crippen LogP contribution >= 0.6 is 0 Å². The Morgan fingerprint density at radius 3 is 1.74 bits per heavy atom. The van der Waals surface area contributed by atoms with E-state index in [4.69, 9.17) is 5.11 Å². The Balaban J connectivity index is 0.000000683. The van der Waals surface area contributed by atoms with Crippen LogP contribution < -0.4 is 0 Å². The maximum Gasteiger partial charge on any atom is 0.303 e. The van der Waals surface area contributed by atoms with Crippen molar-refractivity contribution >= 4 is 5.97 Å². The van der Waals surface area contributed by atoms with Crippen molar-refractivity contribution in [2.24, 2.45) is 0 Å². The summed E-state index contributed by atoms with van der Waals surface area (Å²) in [5.41, 5.74) is 1.40. The molecule has 0 aliphatic carbocycles. The van der Waals surface area contributed by atoms with Gasteiger partial charge in [0.15, 0.2) is 0 Å². The number of allylic oxidation sites excluding steroid dienone is 2. The highest BCUT2D eigenvalue weighted by molar-refractivity contribution is 5.66. The molecule has 178 valence electrons. The first-order valence-electron chi connectivity index (χ1n) is 12.6. The minimum absolute atomic E-state index is 0.332. The molecule has 0 amide bonds. The first kappa shape index (κ1) is 29.4. The number of nitrogens with zero attached hydrogens (tertiary/aromatic N) is 1. The van der Waals surface area contributed by atoms with Crippen LogP contribution in [0.15, 0.2) is 42.5 Å². The van der Waals surface area contributed by atoms with Crippen LogP contribution in [0.1, 0.15) is 102 Å². The van der Waals surface area contributed by atoms with Gasteiger partial charge in [-0.25, -0.2) is 0 Å². The molecule has 0 aromatic heterocycles. The quantitative estimate of drug-likeness (QED) is 0.154. The van der Waals surface area contributed by atoms with E-state index >= 15 is 0 Å². The van der Waals surface area contributed by atoms with E-state index < -0.39 is 5.97 Å². The van der Waals surface area contributed by atoms with Gasteiger partial charge in [-0.05, 0) is 32.1 Å². The zero-order valence-corrected chi connectivity index (χ0v) is 21.0. The molecule has 31 heavy (non-hydrogen) atoms. The molecule has 1 N–H and O–H groups in total. The normalized spacial score (nSPS) is 11.4. The van der Waals surface area contributed by atoms with Gasteiger partial charge in [-0.3, -0.25) is 4.79 Å². The highest BCUT2D eigenvalue weighted by Gasteiger charge is 2.06. The number of rotatable bonds is 17. The number of carboxylic acid groups (broad SMARTS) is 1. The predicted octanol–water partition coefficient (Wildman–Crippen LogP) is 8.00. The molecule has 0 saturated carbocycles. The largest absolute Gasteiger partial charge is 0.481 e. The molecule has 0 radical (unpaired) electrons. The van der Waals surface area contributed by atoms with Crippen molar-refractivity contribution < 1.29 is 14.4 Å². The molecule has 3 heteroatoms. The number of hydrogen-bond acceptors (Lipinski definition) is 1. The number of benzene rings is 1. The Bertz CT molecular complexity index is 546. The molecule has 0 unspecified atom stereocenters. The Morgan fingerprint density at radius 2 is 1.26 bits per heavy atom. The van der Waals surface area contributed by atoms with Gasteiger partial charge in [0.25, 0.3) is 0 Å². The smallest absolute Gasteiger partial charge is 0.303 e. The molecule has 0 heterocycles. The monoisotopic (exact) mass is 432 g/mol. The van der Waals surface area contributed by atoms with Gasteiger partial charge in [-0.2, -0.15) is 0 Å². The first-order chi connectivity index (χ1) is 14.8. The molecular weight excluding hydrogens is 382 g/mol. The summed E-state index contributed by atoms with van der Waals surface area (Å²) in [7, 11) is 6.60. The number of quaternary nitrogens is 1. The van der Waals surface area contributed by atoms with Gasteiger partial charge in [0.05, 0.1) is 21.1 Å². The Labute approximate surface area is 193 Å². The van der Waals surface area contributed by atoms with E-state index in [9.17, 15) is 4.79 Å². The molecular formula is C28H50NO2+. The molecule has 3 nitrogen and oxygen atoms in total. The fraction of sp³-hybridized carbons (Fsp3) is 0.679. The average molecular weight is 433 g/mol. The Morgan fingerprint density at radius 1 is 0.774 bits per heavy atom. The van der Waals surface area contributed by atoms with Crippen LogP contribution in [0.3, 0.4) is 0 Å². The maximum atomic E-state index is 10.3. The van der Waals surface area contributed by atoms with Crippen molar-refractivity contribution in [3.63, 3.8) is 0 Å². The summed E-state index contributed by atoms with van der Waals surface area (Å²) in [5, 5.41) is 8.51. The molecule has 1 rings (SSSR count). The van der Waals surface area contributed by atoms with E-state index in [0.29, 0.717) is 6.42 Å². The molecule has 0 aliphatic rings. The fourth-order valence-electron chi connectivity index (χ4n) is 3.48. The van der Waals surface area contributed by atoms with Crippen LogP contribution in [0.4, 0.5) is 0 Å². The number of unbranched alkanes of at least 4 members (excludes halogenated alkanes) is 11. The van der Waals surface area contributed by atoms with Gasteiger partial charge >= 0.3 is 5.97 Å².